The van der Waals surface area contributed by atoms with Gasteiger partial charge in [-0.3, -0.25) is 4.99 Å². The van der Waals surface area contributed by atoms with Gasteiger partial charge in [-0.05, 0) is 26.2 Å². The molecule has 1 saturated heterocycles. The van der Waals surface area contributed by atoms with Gasteiger partial charge in [0.15, 0.2) is 5.96 Å². The van der Waals surface area contributed by atoms with E-state index in [1.807, 2.05) is 6.92 Å². The van der Waals surface area contributed by atoms with Crippen LogP contribution < -0.4 is 10.6 Å². The number of aliphatic imine (C=N–C) groups is 1. The van der Waals surface area contributed by atoms with E-state index in [1.165, 1.54) is 6.26 Å². The van der Waals surface area contributed by atoms with Gasteiger partial charge in [-0.2, -0.15) is 0 Å². The lowest BCUT2D eigenvalue weighted by atomic mass is 10.3. The molecule has 0 aromatic carbocycles. The standard InChI is InChI=1S/C14H29N3O4S/c1-3-15-14(17-8-5-11-22(2,18)19)16-7-4-9-21-13-6-10-20-12-13/h13H,3-12H2,1-2H3,(H2,15,16,17). The van der Waals surface area contributed by atoms with Crippen LogP contribution in [0.4, 0.5) is 0 Å². The van der Waals surface area contributed by atoms with Crippen LogP contribution in [0.5, 0.6) is 0 Å². The second kappa shape index (κ2) is 10.8. The molecular formula is C14H29N3O4S. The van der Waals surface area contributed by atoms with Gasteiger partial charge in [0.1, 0.15) is 9.84 Å². The van der Waals surface area contributed by atoms with Crippen LogP contribution >= 0.6 is 0 Å². The van der Waals surface area contributed by atoms with Crippen molar-refractivity contribution < 1.29 is 17.9 Å². The molecule has 0 aliphatic carbocycles. The molecule has 1 heterocycles. The molecule has 0 amide bonds. The van der Waals surface area contributed by atoms with Crippen LogP contribution in [0, 0.1) is 0 Å². The Bertz CT molecular complexity index is 420. The Hall–Kier alpha value is -0.860. The lowest BCUT2D eigenvalue weighted by molar-refractivity contribution is 0.0420. The third-order valence-electron chi connectivity index (χ3n) is 3.14. The Labute approximate surface area is 133 Å². The van der Waals surface area contributed by atoms with E-state index in [-0.39, 0.29) is 11.9 Å². The minimum absolute atomic E-state index is 0.174. The molecule has 22 heavy (non-hydrogen) atoms. The van der Waals surface area contributed by atoms with E-state index < -0.39 is 9.84 Å². The van der Waals surface area contributed by atoms with Gasteiger partial charge in [0.2, 0.25) is 0 Å². The van der Waals surface area contributed by atoms with Crippen molar-refractivity contribution in [3.8, 4) is 0 Å². The fourth-order valence-electron chi connectivity index (χ4n) is 2.03. The second-order valence-electron chi connectivity index (χ2n) is 5.38. The molecule has 1 aliphatic rings. The molecule has 0 saturated carbocycles. The molecule has 1 atom stereocenters. The molecule has 1 fully saturated rings. The minimum atomic E-state index is -2.90. The summed E-state index contributed by atoms with van der Waals surface area (Å²) in [6, 6.07) is 0. The number of hydrogen-bond donors (Lipinski definition) is 2. The van der Waals surface area contributed by atoms with Crippen molar-refractivity contribution in [1.29, 1.82) is 0 Å². The molecule has 0 aromatic rings. The normalized spacial score (nSPS) is 19.4. The average Bonchev–Trinajstić information content (AvgIpc) is 2.95. The van der Waals surface area contributed by atoms with Crippen molar-refractivity contribution in [3.63, 3.8) is 0 Å². The summed E-state index contributed by atoms with van der Waals surface area (Å²) in [7, 11) is -2.90. The zero-order valence-electron chi connectivity index (χ0n) is 13.6. The largest absolute Gasteiger partial charge is 0.379 e. The lowest BCUT2D eigenvalue weighted by Gasteiger charge is -2.12. The first kappa shape index (κ1) is 19.2. The number of nitrogens with one attached hydrogen (secondary N) is 2. The molecule has 1 rings (SSSR count). The molecule has 1 unspecified atom stereocenters. The maximum atomic E-state index is 11.1. The van der Waals surface area contributed by atoms with Crippen molar-refractivity contribution in [2.24, 2.45) is 4.99 Å². The van der Waals surface area contributed by atoms with E-state index in [4.69, 9.17) is 9.47 Å². The van der Waals surface area contributed by atoms with Crippen molar-refractivity contribution in [2.45, 2.75) is 32.3 Å². The van der Waals surface area contributed by atoms with Crippen LogP contribution in [0.15, 0.2) is 4.99 Å². The van der Waals surface area contributed by atoms with Gasteiger partial charge in [-0.15, -0.1) is 0 Å². The first-order valence-electron chi connectivity index (χ1n) is 7.90. The zero-order valence-corrected chi connectivity index (χ0v) is 14.5. The van der Waals surface area contributed by atoms with Crippen LogP contribution in [0.1, 0.15) is 26.2 Å². The van der Waals surface area contributed by atoms with E-state index >= 15 is 0 Å². The molecule has 7 nitrogen and oxygen atoms in total. The minimum Gasteiger partial charge on any atom is -0.379 e. The van der Waals surface area contributed by atoms with Crippen molar-refractivity contribution >= 4 is 15.8 Å². The smallest absolute Gasteiger partial charge is 0.191 e. The van der Waals surface area contributed by atoms with E-state index in [2.05, 4.69) is 15.6 Å². The highest BCUT2D eigenvalue weighted by molar-refractivity contribution is 7.90. The number of nitrogens with zero attached hydrogens (tertiary/aromatic N) is 1. The second-order valence-corrected chi connectivity index (χ2v) is 7.64. The Morgan fingerprint density at radius 1 is 1.36 bits per heavy atom. The molecule has 2 N–H and O–H groups in total. The summed E-state index contributed by atoms with van der Waals surface area (Å²) >= 11 is 0. The average molecular weight is 335 g/mol. The Morgan fingerprint density at radius 2 is 2.18 bits per heavy atom. The fourth-order valence-corrected chi connectivity index (χ4v) is 2.69. The summed E-state index contributed by atoms with van der Waals surface area (Å²) in [6.45, 7) is 6.24. The maximum Gasteiger partial charge on any atom is 0.191 e. The van der Waals surface area contributed by atoms with Crippen molar-refractivity contribution in [3.05, 3.63) is 0 Å². The first-order valence-corrected chi connectivity index (χ1v) is 9.96. The summed E-state index contributed by atoms with van der Waals surface area (Å²) in [4.78, 5) is 4.36. The molecule has 1 aliphatic heterocycles. The number of hydrogen-bond acceptors (Lipinski definition) is 5. The van der Waals surface area contributed by atoms with Crippen LogP contribution in [0.25, 0.3) is 0 Å². The SMILES string of the molecule is CCNC(=NCCCS(C)(=O)=O)NCCCOC1CCOC1. The van der Waals surface area contributed by atoms with E-state index in [0.29, 0.717) is 26.2 Å². The molecule has 0 bridgehead atoms. The summed E-state index contributed by atoms with van der Waals surface area (Å²) in [5, 5.41) is 6.36. The third kappa shape index (κ3) is 9.97. The van der Waals surface area contributed by atoms with Gasteiger partial charge >= 0.3 is 0 Å². The molecule has 0 radical (unpaired) electrons. The summed E-state index contributed by atoms with van der Waals surface area (Å²) in [5.41, 5.74) is 0. The Kier molecular flexibility index (Phi) is 9.42. The number of sulfone groups is 1. The van der Waals surface area contributed by atoms with Crippen LogP contribution in [-0.2, 0) is 19.3 Å². The first-order chi connectivity index (χ1) is 10.5. The molecular weight excluding hydrogens is 306 g/mol. The van der Waals surface area contributed by atoms with Crippen molar-refractivity contribution in [2.75, 3.05) is 51.5 Å². The van der Waals surface area contributed by atoms with Crippen LogP contribution in [0.2, 0.25) is 0 Å². The molecule has 0 spiro atoms. The lowest BCUT2D eigenvalue weighted by Crippen LogP contribution is -2.38. The van der Waals surface area contributed by atoms with E-state index in [0.717, 1.165) is 38.5 Å². The summed E-state index contributed by atoms with van der Waals surface area (Å²) in [5.74, 6) is 0.896. The quantitative estimate of drug-likeness (QED) is 0.336. The third-order valence-corrected chi connectivity index (χ3v) is 4.17. The zero-order chi connectivity index (χ0) is 16.3. The van der Waals surface area contributed by atoms with E-state index in [1.54, 1.807) is 0 Å². The molecule has 0 aromatic heterocycles. The summed E-state index contributed by atoms with van der Waals surface area (Å²) in [6.07, 6.45) is 3.91. The van der Waals surface area contributed by atoms with Gasteiger partial charge in [-0.1, -0.05) is 0 Å². The number of rotatable bonds is 10. The van der Waals surface area contributed by atoms with Gasteiger partial charge in [0.05, 0.1) is 18.5 Å². The van der Waals surface area contributed by atoms with Gasteiger partial charge in [-0.25, -0.2) is 8.42 Å². The maximum absolute atomic E-state index is 11.1. The Morgan fingerprint density at radius 3 is 2.82 bits per heavy atom. The van der Waals surface area contributed by atoms with E-state index in [9.17, 15) is 8.42 Å². The van der Waals surface area contributed by atoms with Gasteiger partial charge < -0.3 is 20.1 Å². The molecule has 8 heteroatoms. The molecule has 130 valence electrons. The predicted molar refractivity (Wildman–Crippen MR) is 88.1 cm³/mol. The monoisotopic (exact) mass is 335 g/mol. The summed E-state index contributed by atoms with van der Waals surface area (Å²) < 4.78 is 33.0. The van der Waals surface area contributed by atoms with Crippen LogP contribution in [0.3, 0.4) is 0 Å². The topological polar surface area (TPSA) is 89.0 Å². The highest BCUT2D eigenvalue weighted by Crippen LogP contribution is 2.07. The van der Waals surface area contributed by atoms with Gasteiger partial charge in [0.25, 0.3) is 0 Å². The predicted octanol–water partition coefficient (Wildman–Crippen LogP) is 0.172. The number of ether oxygens (including phenoxy) is 2. The van der Waals surface area contributed by atoms with Crippen molar-refractivity contribution in [1.82, 2.24) is 10.6 Å². The highest BCUT2D eigenvalue weighted by Gasteiger charge is 2.15. The fraction of sp³-hybridized carbons (Fsp3) is 0.929. The van der Waals surface area contributed by atoms with Gasteiger partial charge in [0, 0.05) is 39.1 Å². The number of guanidine groups is 1. The Balaban J connectivity index is 2.13. The highest BCUT2D eigenvalue weighted by atomic mass is 32.2. The van der Waals surface area contributed by atoms with Crippen LogP contribution in [-0.4, -0.2) is 71.9 Å².